The van der Waals surface area contributed by atoms with Gasteiger partial charge in [0.2, 0.25) is 0 Å². The molecule has 0 amide bonds. The van der Waals surface area contributed by atoms with Gasteiger partial charge in [0.15, 0.2) is 0 Å². The summed E-state index contributed by atoms with van der Waals surface area (Å²) < 4.78 is 5.38. The van der Waals surface area contributed by atoms with Crippen molar-refractivity contribution in [3.63, 3.8) is 0 Å². The van der Waals surface area contributed by atoms with Crippen LogP contribution in [0, 0.1) is 17.2 Å². The van der Waals surface area contributed by atoms with Crippen LogP contribution in [-0.2, 0) is 0 Å². The zero-order chi connectivity index (χ0) is 10.6. The third kappa shape index (κ3) is 2.98. The normalized spacial score (nSPS) is 9.86. The van der Waals surface area contributed by atoms with Gasteiger partial charge in [-0.3, -0.25) is 0 Å². The molecule has 1 N–H and O–H groups in total. The van der Waals surface area contributed by atoms with E-state index in [0.29, 0.717) is 23.8 Å². The van der Waals surface area contributed by atoms with Crippen LogP contribution >= 0.6 is 0 Å². The van der Waals surface area contributed by atoms with E-state index < -0.39 is 0 Å². The molecule has 0 heterocycles. The van der Waals surface area contributed by atoms with Crippen LogP contribution in [0.5, 0.6) is 11.5 Å². The van der Waals surface area contributed by atoms with Crippen LogP contribution < -0.4 is 4.74 Å². The highest BCUT2D eigenvalue weighted by Gasteiger charge is 2.01. The first kappa shape index (κ1) is 10.4. The number of hydrogen-bond acceptors (Lipinski definition) is 3. The zero-order valence-corrected chi connectivity index (χ0v) is 8.32. The Hall–Kier alpha value is -1.69. The Labute approximate surface area is 83.6 Å². The highest BCUT2D eigenvalue weighted by molar-refractivity contribution is 5.43. The average Bonchev–Trinajstić information content (AvgIpc) is 2.14. The second-order valence-corrected chi connectivity index (χ2v) is 3.53. The molecule has 0 saturated heterocycles. The molecule has 0 spiro atoms. The van der Waals surface area contributed by atoms with Crippen molar-refractivity contribution in [2.24, 2.45) is 5.92 Å². The van der Waals surface area contributed by atoms with Crippen molar-refractivity contribution in [3.05, 3.63) is 23.8 Å². The Balaban J connectivity index is 2.78. The van der Waals surface area contributed by atoms with E-state index in [1.807, 2.05) is 19.9 Å². The van der Waals surface area contributed by atoms with Gasteiger partial charge >= 0.3 is 0 Å². The predicted molar refractivity (Wildman–Crippen MR) is 53.2 cm³/mol. The molecule has 0 saturated carbocycles. The molecule has 0 radical (unpaired) electrons. The lowest BCUT2D eigenvalue weighted by molar-refractivity contribution is 0.270. The minimum atomic E-state index is 0.0582. The molecule has 0 unspecified atom stereocenters. The van der Waals surface area contributed by atoms with Crippen LogP contribution in [0.4, 0.5) is 0 Å². The summed E-state index contributed by atoms with van der Waals surface area (Å²) >= 11 is 0. The van der Waals surface area contributed by atoms with Crippen molar-refractivity contribution < 1.29 is 9.84 Å². The number of phenolic OH excluding ortho intramolecular Hbond substituents is 1. The number of nitriles is 1. The molecule has 3 nitrogen and oxygen atoms in total. The second-order valence-electron chi connectivity index (χ2n) is 3.53. The first-order valence-corrected chi connectivity index (χ1v) is 4.49. The fraction of sp³-hybridized carbons (Fsp3) is 0.364. The van der Waals surface area contributed by atoms with E-state index in [-0.39, 0.29) is 5.75 Å². The summed E-state index contributed by atoms with van der Waals surface area (Å²) in [6.07, 6.45) is 0. The molecular weight excluding hydrogens is 178 g/mol. The van der Waals surface area contributed by atoms with Crippen LogP contribution in [0.2, 0.25) is 0 Å². The van der Waals surface area contributed by atoms with Crippen LogP contribution in [0.25, 0.3) is 0 Å². The molecule has 0 bridgehead atoms. The van der Waals surface area contributed by atoms with Gasteiger partial charge in [0.1, 0.15) is 11.5 Å². The predicted octanol–water partition coefficient (Wildman–Crippen LogP) is 2.30. The van der Waals surface area contributed by atoms with E-state index >= 15 is 0 Å². The van der Waals surface area contributed by atoms with Crippen molar-refractivity contribution in [1.29, 1.82) is 5.26 Å². The third-order valence-electron chi connectivity index (χ3n) is 1.60. The van der Waals surface area contributed by atoms with Crippen molar-refractivity contribution in [3.8, 4) is 17.6 Å². The number of benzene rings is 1. The van der Waals surface area contributed by atoms with Gasteiger partial charge in [-0.15, -0.1) is 0 Å². The van der Waals surface area contributed by atoms with Gasteiger partial charge in [0, 0.05) is 6.07 Å². The van der Waals surface area contributed by atoms with E-state index in [1.165, 1.54) is 12.1 Å². The lowest BCUT2D eigenvalue weighted by atomic mass is 10.2. The van der Waals surface area contributed by atoms with Crippen LogP contribution in [-0.4, -0.2) is 11.7 Å². The Kier molecular flexibility index (Phi) is 3.35. The molecule has 0 aliphatic carbocycles. The summed E-state index contributed by atoms with van der Waals surface area (Å²) in [5, 5.41) is 17.9. The standard InChI is InChI=1S/C11H13NO2/c1-8(2)7-14-11-4-9(6-12)3-10(13)5-11/h3-5,8,13H,7H2,1-2H3. The first-order valence-electron chi connectivity index (χ1n) is 4.49. The van der Waals surface area contributed by atoms with Gasteiger partial charge in [-0.2, -0.15) is 5.26 Å². The maximum absolute atomic E-state index is 9.26. The van der Waals surface area contributed by atoms with Crippen LogP contribution in [0.15, 0.2) is 18.2 Å². The van der Waals surface area contributed by atoms with Crippen LogP contribution in [0.3, 0.4) is 0 Å². The molecule has 0 atom stereocenters. The zero-order valence-electron chi connectivity index (χ0n) is 8.32. The number of ether oxygens (including phenoxy) is 1. The van der Waals surface area contributed by atoms with Crippen molar-refractivity contribution >= 4 is 0 Å². The highest BCUT2D eigenvalue weighted by Crippen LogP contribution is 2.21. The second kappa shape index (κ2) is 4.52. The number of aromatic hydroxyl groups is 1. The molecule has 14 heavy (non-hydrogen) atoms. The summed E-state index contributed by atoms with van der Waals surface area (Å²) in [7, 11) is 0. The van der Waals surface area contributed by atoms with Crippen molar-refractivity contribution in [2.45, 2.75) is 13.8 Å². The summed E-state index contributed by atoms with van der Waals surface area (Å²) in [5.74, 6) is 1.01. The van der Waals surface area contributed by atoms with Gasteiger partial charge in [-0.05, 0) is 18.1 Å². The van der Waals surface area contributed by atoms with Crippen LogP contribution in [0.1, 0.15) is 19.4 Å². The van der Waals surface area contributed by atoms with E-state index in [4.69, 9.17) is 10.00 Å². The number of hydrogen-bond donors (Lipinski definition) is 1. The number of phenols is 1. The maximum Gasteiger partial charge on any atom is 0.124 e. The molecule has 0 aliphatic rings. The Morgan fingerprint density at radius 1 is 1.43 bits per heavy atom. The van der Waals surface area contributed by atoms with Gasteiger partial charge < -0.3 is 9.84 Å². The molecule has 1 aromatic carbocycles. The highest BCUT2D eigenvalue weighted by atomic mass is 16.5. The third-order valence-corrected chi connectivity index (χ3v) is 1.60. The minimum absolute atomic E-state index is 0.0582. The molecule has 74 valence electrons. The monoisotopic (exact) mass is 191 g/mol. The van der Waals surface area contributed by atoms with E-state index in [9.17, 15) is 5.11 Å². The smallest absolute Gasteiger partial charge is 0.124 e. The van der Waals surface area contributed by atoms with Crippen molar-refractivity contribution in [1.82, 2.24) is 0 Å². The largest absolute Gasteiger partial charge is 0.508 e. The summed E-state index contributed by atoms with van der Waals surface area (Å²) in [6, 6.07) is 6.48. The van der Waals surface area contributed by atoms with Gasteiger partial charge in [-0.25, -0.2) is 0 Å². The molecule has 0 fully saturated rings. The van der Waals surface area contributed by atoms with Crippen molar-refractivity contribution in [2.75, 3.05) is 6.61 Å². The van der Waals surface area contributed by atoms with Gasteiger partial charge in [0.05, 0.1) is 18.2 Å². The maximum atomic E-state index is 9.26. The lowest BCUT2D eigenvalue weighted by Gasteiger charge is -2.08. The number of rotatable bonds is 3. The number of nitrogens with zero attached hydrogens (tertiary/aromatic N) is 1. The van der Waals surface area contributed by atoms with E-state index in [1.54, 1.807) is 6.07 Å². The van der Waals surface area contributed by atoms with E-state index in [2.05, 4.69) is 0 Å². The summed E-state index contributed by atoms with van der Waals surface area (Å²) in [5.41, 5.74) is 0.406. The molecule has 3 heteroatoms. The lowest BCUT2D eigenvalue weighted by Crippen LogP contribution is -2.04. The van der Waals surface area contributed by atoms with E-state index in [0.717, 1.165) is 0 Å². The molecule has 0 aliphatic heterocycles. The Morgan fingerprint density at radius 2 is 2.14 bits per heavy atom. The summed E-state index contributed by atoms with van der Waals surface area (Å²) in [6.45, 7) is 4.65. The molecule has 0 aromatic heterocycles. The molecular formula is C11H13NO2. The fourth-order valence-corrected chi connectivity index (χ4v) is 0.994. The SMILES string of the molecule is CC(C)COc1cc(O)cc(C#N)c1. The quantitative estimate of drug-likeness (QED) is 0.797. The van der Waals surface area contributed by atoms with Gasteiger partial charge in [0.25, 0.3) is 0 Å². The molecule has 1 rings (SSSR count). The minimum Gasteiger partial charge on any atom is -0.508 e. The average molecular weight is 191 g/mol. The molecule has 1 aromatic rings. The fourth-order valence-electron chi connectivity index (χ4n) is 0.994. The topological polar surface area (TPSA) is 53.2 Å². The first-order chi connectivity index (χ1) is 6.61. The Bertz CT molecular complexity index is 353. The van der Waals surface area contributed by atoms with Gasteiger partial charge in [-0.1, -0.05) is 13.8 Å². The summed E-state index contributed by atoms with van der Waals surface area (Å²) in [4.78, 5) is 0. The Morgan fingerprint density at radius 3 is 2.71 bits per heavy atom.